The van der Waals surface area contributed by atoms with Crippen molar-refractivity contribution in [3.8, 4) is 11.4 Å². The minimum atomic E-state index is 0.104. The molecule has 32 heavy (non-hydrogen) atoms. The van der Waals surface area contributed by atoms with Crippen LogP contribution < -0.4 is 5.73 Å². The highest BCUT2D eigenvalue weighted by Gasteiger charge is 2.26. The van der Waals surface area contributed by atoms with Gasteiger partial charge in [-0.2, -0.15) is 0 Å². The molecule has 0 spiro atoms. The van der Waals surface area contributed by atoms with Gasteiger partial charge < -0.3 is 10.6 Å². The minimum absolute atomic E-state index is 0.104. The number of hydrogen-bond acceptors (Lipinski definition) is 6. The smallest absolute Gasteiger partial charge is 0.228 e. The van der Waals surface area contributed by atoms with E-state index in [1.165, 1.54) is 0 Å². The fourth-order valence-corrected chi connectivity index (χ4v) is 4.21. The summed E-state index contributed by atoms with van der Waals surface area (Å²) in [5.74, 6) is 1.25. The molecule has 5 rings (SSSR count). The molecule has 2 N–H and O–H groups in total. The van der Waals surface area contributed by atoms with Gasteiger partial charge in [0, 0.05) is 42.2 Å². The number of nitrogens with two attached hydrogens (primary N) is 1. The number of pyridine rings is 2. The van der Waals surface area contributed by atoms with E-state index in [9.17, 15) is 4.79 Å². The largest absolute Gasteiger partial charge is 0.383 e. The molecule has 1 fully saturated rings. The first kappa shape index (κ1) is 20.1. The third-order valence-electron chi connectivity index (χ3n) is 5.89. The van der Waals surface area contributed by atoms with Crippen LogP contribution in [0, 0.1) is 0 Å². The predicted molar refractivity (Wildman–Crippen MR) is 124 cm³/mol. The van der Waals surface area contributed by atoms with E-state index in [0.29, 0.717) is 30.3 Å². The average Bonchev–Trinajstić information content (AvgIpc) is 2.85. The lowest BCUT2D eigenvalue weighted by Crippen LogP contribution is -2.40. The van der Waals surface area contributed by atoms with Crippen molar-refractivity contribution in [2.45, 2.75) is 25.2 Å². The van der Waals surface area contributed by atoms with Gasteiger partial charge in [0.1, 0.15) is 5.82 Å². The van der Waals surface area contributed by atoms with Gasteiger partial charge in [0.15, 0.2) is 11.5 Å². The van der Waals surface area contributed by atoms with Crippen molar-refractivity contribution in [1.29, 1.82) is 0 Å². The van der Waals surface area contributed by atoms with E-state index in [2.05, 4.69) is 15.0 Å². The van der Waals surface area contributed by atoms with Crippen molar-refractivity contribution in [3.05, 3.63) is 78.2 Å². The fraction of sp³-hybridized carbons (Fsp3) is 0.240. The van der Waals surface area contributed by atoms with Crippen LogP contribution in [0.2, 0.25) is 0 Å². The number of carbonyl (C=O) groups is 1. The topological polar surface area (TPSA) is 97.9 Å². The normalized spacial score (nSPS) is 16.2. The van der Waals surface area contributed by atoms with Gasteiger partial charge in [-0.1, -0.05) is 36.4 Å². The van der Waals surface area contributed by atoms with Crippen LogP contribution in [0.1, 0.15) is 30.1 Å². The van der Waals surface area contributed by atoms with Crippen LogP contribution in [-0.2, 0) is 11.2 Å². The summed E-state index contributed by atoms with van der Waals surface area (Å²) in [4.78, 5) is 33.0. The first-order valence-electron chi connectivity index (χ1n) is 10.8. The summed E-state index contributed by atoms with van der Waals surface area (Å²) in [6.45, 7) is 1.42. The first-order valence-corrected chi connectivity index (χ1v) is 10.8. The molecule has 1 aromatic carbocycles. The van der Waals surface area contributed by atoms with E-state index in [-0.39, 0.29) is 11.8 Å². The quantitative estimate of drug-likeness (QED) is 0.537. The lowest BCUT2D eigenvalue weighted by molar-refractivity contribution is -0.131. The Morgan fingerprint density at radius 1 is 1.00 bits per heavy atom. The highest BCUT2D eigenvalue weighted by Crippen LogP contribution is 2.29. The van der Waals surface area contributed by atoms with Crippen LogP contribution in [0.5, 0.6) is 0 Å². The Labute approximate surface area is 186 Å². The summed E-state index contributed by atoms with van der Waals surface area (Å²) in [5.41, 5.74) is 9.43. The van der Waals surface area contributed by atoms with Crippen molar-refractivity contribution in [3.63, 3.8) is 0 Å². The Balaban J connectivity index is 1.39. The molecule has 3 aromatic heterocycles. The molecule has 0 aliphatic carbocycles. The summed E-state index contributed by atoms with van der Waals surface area (Å²) >= 11 is 0. The van der Waals surface area contributed by atoms with Crippen LogP contribution in [0.3, 0.4) is 0 Å². The number of nitrogen functional groups attached to an aromatic ring is 1. The summed E-state index contributed by atoms with van der Waals surface area (Å²) in [6.07, 6.45) is 3.97. The molecule has 4 heterocycles. The highest BCUT2D eigenvalue weighted by atomic mass is 16.2. The van der Waals surface area contributed by atoms with E-state index in [1.807, 2.05) is 65.6 Å². The Hall–Kier alpha value is -3.87. The second-order valence-corrected chi connectivity index (χ2v) is 8.08. The zero-order valence-electron chi connectivity index (χ0n) is 17.7. The number of aromatic nitrogens is 4. The number of nitrogens with zero attached hydrogens (tertiary/aromatic N) is 5. The molecule has 1 saturated heterocycles. The number of amides is 1. The van der Waals surface area contributed by atoms with Gasteiger partial charge in [-0.15, -0.1) is 0 Å². The SMILES string of the molecule is Nc1nc(-c2ccccc2)nc2nc(C3CCCN(C(=O)Cc4ccccn4)C3)ccc12. The molecule has 4 aromatic rings. The first-order chi connectivity index (χ1) is 15.7. The molecule has 1 aliphatic rings. The monoisotopic (exact) mass is 424 g/mol. The Kier molecular flexibility index (Phi) is 5.46. The zero-order chi connectivity index (χ0) is 21.9. The maximum atomic E-state index is 12.8. The van der Waals surface area contributed by atoms with Crippen molar-refractivity contribution in [2.75, 3.05) is 18.8 Å². The average molecular weight is 425 g/mol. The number of piperidine rings is 1. The number of hydrogen-bond donors (Lipinski definition) is 1. The standard InChI is InChI=1S/C25H24N6O/c26-23-20-11-12-21(28-25(20)30-24(29-23)17-7-2-1-3-8-17)18-9-6-14-31(16-18)22(32)15-19-10-4-5-13-27-19/h1-5,7-8,10-13,18H,6,9,14-16H2,(H2,26,28,29,30). The van der Waals surface area contributed by atoms with Crippen LogP contribution in [-0.4, -0.2) is 43.8 Å². The van der Waals surface area contributed by atoms with E-state index in [4.69, 9.17) is 10.7 Å². The predicted octanol–water partition coefficient (Wildman–Crippen LogP) is 3.62. The van der Waals surface area contributed by atoms with Crippen LogP contribution in [0.4, 0.5) is 5.82 Å². The highest BCUT2D eigenvalue weighted by molar-refractivity contribution is 5.87. The van der Waals surface area contributed by atoms with E-state index < -0.39 is 0 Å². The number of benzene rings is 1. The molecule has 1 aliphatic heterocycles. The Bertz CT molecular complexity index is 1250. The van der Waals surface area contributed by atoms with Gasteiger partial charge in [0.05, 0.1) is 11.8 Å². The number of likely N-dealkylation sites (tertiary alicyclic amines) is 1. The van der Waals surface area contributed by atoms with Crippen molar-refractivity contribution in [1.82, 2.24) is 24.8 Å². The molecule has 160 valence electrons. The molecule has 7 nitrogen and oxygen atoms in total. The van der Waals surface area contributed by atoms with Crippen LogP contribution in [0.25, 0.3) is 22.4 Å². The van der Waals surface area contributed by atoms with Gasteiger partial charge in [0.25, 0.3) is 0 Å². The van der Waals surface area contributed by atoms with Crippen molar-refractivity contribution < 1.29 is 4.79 Å². The maximum Gasteiger partial charge on any atom is 0.228 e. The van der Waals surface area contributed by atoms with Gasteiger partial charge >= 0.3 is 0 Å². The van der Waals surface area contributed by atoms with Gasteiger partial charge in [-0.25, -0.2) is 15.0 Å². The molecular formula is C25H24N6O. The van der Waals surface area contributed by atoms with Crippen molar-refractivity contribution >= 4 is 22.8 Å². The molecule has 0 bridgehead atoms. The van der Waals surface area contributed by atoms with Crippen LogP contribution >= 0.6 is 0 Å². The summed E-state index contributed by atoms with van der Waals surface area (Å²) < 4.78 is 0. The number of fused-ring (bicyclic) bond motifs is 1. The molecule has 7 heteroatoms. The number of anilines is 1. The maximum absolute atomic E-state index is 12.8. The zero-order valence-corrected chi connectivity index (χ0v) is 17.7. The van der Waals surface area contributed by atoms with Gasteiger partial charge in [0.2, 0.25) is 5.91 Å². The Morgan fingerprint density at radius 3 is 2.66 bits per heavy atom. The second-order valence-electron chi connectivity index (χ2n) is 8.08. The van der Waals surface area contributed by atoms with E-state index >= 15 is 0 Å². The lowest BCUT2D eigenvalue weighted by Gasteiger charge is -2.32. The Morgan fingerprint density at radius 2 is 1.84 bits per heavy atom. The summed E-state index contributed by atoms with van der Waals surface area (Å²) in [5, 5.41) is 0.743. The summed E-state index contributed by atoms with van der Waals surface area (Å²) in [7, 11) is 0. The van der Waals surface area contributed by atoms with E-state index in [1.54, 1.807) is 6.20 Å². The van der Waals surface area contributed by atoms with E-state index in [0.717, 1.165) is 41.7 Å². The fourth-order valence-electron chi connectivity index (χ4n) is 4.21. The third-order valence-corrected chi connectivity index (χ3v) is 5.89. The molecule has 1 unspecified atom stereocenters. The van der Waals surface area contributed by atoms with Gasteiger partial charge in [-0.05, 0) is 37.1 Å². The summed E-state index contributed by atoms with van der Waals surface area (Å²) in [6, 6.07) is 19.3. The second kappa shape index (κ2) is 8.70. The van der Waals surface area contributed by atoms with Crippen molar-refractivity contribution in [2.24, 2.45) is 0 Å². The molecule has 1 atom stereocenters. The molecule has 1 amide bonds. The number of rotatable bonds is 4. The minimum Gasteiger partial charge on any atom is -0.383 e. The lowest BCUT2D eigenvalue weighted by atomic mass is 9.93. The van der Waals surface area contributed by atoms with Crippen LogP contribution in [0.15, 0.2) is 66.9 Å². The molecular weight excluding hydrogens is 400 g/mol. The molecule has 0 saturated carbocycles. The van der Waals surface area contributed by atoms with Gasteiger partial charge in [-0.3, -0.25) is 9.78 Å². The number of carbonyl (C=O) groups excluding carboxylic acids is 1. The molecule has 0 radical (unpaired) electrons. The third kappa shape index (κ3) is 4.14.